The van der Waals surface area contributed by atoms with Gasteiger partial charge in [-0.25, -0.2) is 4.98 Å². The Balaban J connectivity index is 0.000000134. The molecule has 8 aliphatic carbocycles. The number of nitrogens with zero attached hydrogens (tertiary/aromatic N) is 1. The highest BCUT2D eigenvalue weighted by Crippen LogP contribution is 2.71. The number of hydrogen-bond acceptors (Lipinski definition) is 7. The molecule has 0 bridgehead atoms. The Labute approximate surface area is 462 Å². The number of benzene rings is 3. The molecule has 7 heteroatoms. The average molecular weight is 1040 g/mol. The predicted molar refractivity (Wildman–Crippen MR) is 311 cm³/mol. The van der Waals surface area contributed by atoms with Crippen molar-refractivity contribution in [2.45, 2.75) is 197 Å². The first-order valence-corrected chi connectivity index (χ1v) is 30.0. The smallest absolute Gasteiger partial charge is 0.214 e. The molecule has 7 nitrogen and oxygen atoms in total. The van der Waals surface area contributed by atoms with Crippen LogP contribution >= 0.6 is 0 Å². The zero-order valence-electron chi connectivity index (χ0n) is 48.9. The summed E-state index contributed by atoms with van der Waals surface area (Å²) in [5.41, 5.74) is 9.81. The minimum absolute atomic E-state index is 0.115. The number of hydrogen-bond donors (Lipinski definition) is 1. The summed E-state index contributed by atoms with van der Waals surface area (Å²) >= 11 is 0. The van der Waals surface area contributed by atoms with Crippen molar-refractivity contribution in [1.29, 1.82) is 0 Å². The number of Topliss-reactive ketones (excluding diaryl/α,β-unsaturated/α-hetero) is 2. The lowest BCUT2D eigenvalue weighted by Crippen LogP contribution is -2.53. The first-order valence-electron chi connectivity index (χ1n) is 30.0. The number of ether oxygens (including phenoxy) is 3. The lowest BCUT2D eigenvalue weighted by atomic mass is 9.45. The third kappa shape index (κ3) is 9.90. The molecule has 1 aromatic heterocycles. The number of methoxy groups -OCH3 is 1. The maximum atomic E-state index is 12.7. The maximum absolute atomic E-state index is 12.7. The van der Waals surface area contributed by atoms with Gasteiger partial charge in [-0.15, -0.1) is 0 Å². The topological polar surface area (TPSA) is 95.0 Å². The van der Waals surface area contributed by atoms with Gasteiger partial charge in [0.05, 0.1) is 31.4 Å². The Hall–Kier alpha value is -4.59. The van der Waals surface area contributed by atoms with Crippen molar-refractivity contribution >= 4 is 22.5 Å². The second kappa shape index (κ2) is 21.5. The lowest BCUT2D eigenvalue weighted by Gasteiger charge is -2.59. The first-order chi connectivity index (χ1) is 36.7. The van der Waals surface area contributed by atoms with Crippen molar-refractivity contribution in [2.24, 2.45) is 68.0 Å². The van der Waals surface area contributed by atoms with E-state index in [9.17, 15) is 14.7 Å². The van der Waals surface area contributed by atoms with E-state index in [-0.39, 0.29) is 27.8 Å². The van der Waals surface area contributed by atoms with Crippen LogP contribution in [-0.2, 0) is 27.5 Å². The molecular formula is C70H93NO6. The zero-order valence-corrected chi connectivity index (χ0v) is 48.9. The number of aromatic nitrogens is 1. The van der Waals surface area contributed by atoms with Gasteiger partial charge in [-0.3, -0.25) is 9.59 Å². The molecule has 3 aromatic carbocycles. The van der Waals surface area contributed by atoms with Crippen LogP contribution in [0.2, 0.25) is 0 Å². The van der Waals surface area contributed by atoms with Crippen LogP contribution in [0.1, 0.15) is 180 Å². The number of fused-ring (bicyclic) bond motifs is 11. The van der Waals surface area contributed by atoms with Gasteiger partial charge in [0.25, 0.3) is 0 Å². The monoisotopic (exact) mass is 1040 g/mol. The largest absolute Gasteiger partial charge is 0.497 e. The van der Waals surface area contributed by atoms with Crippen molar-refractivity contribution in [3.8, 4) is 11.6 Å². The molecule has 8 aliphatic rings. The molecule has 1 heterocycles. The molecule has 6 unspecified atom stereocenters. The number of aryl methyl sites for hydroxylation is 2. The number of rotatable bonds is 9. The standard InChI is InChI=1S/C30H42O2.C22H34O2.C18H17NO2/c1-20-6-8-22(9-7-20)19-32-24-12-15-28(3)23(18-24)10-11-25-26(28)13-17-30(5)27(25)14-16-29(30,4)21(2)31;1-14(23)21(3)11-9-19-17-6-5-15-13-16(24)7-10-20(15,2)18(17)8-12-22(19,21)4;1-13-11-18(19-17-6-4-3-5-16(13)17)21-12-14-7-9-15(20-2)10-8-14/h6-10,24-27H,11-19H2,1-5H3;5,16-19,24H,6-13H2,1-4H3;3-11H,12H2,1-2H3/t24-,25?,26?,27?,28-,29+,30-;16-,17?,18?,19?,20-,21+,22-;/m00./s1. The van der Waals surface area contributed by atoms with Crippen LogP contribution in [0.5, 0.6) is 11.6 Å². The van der Waals surface area contributed by atoms with Crippen molar-refractivity contribution in [2.75, 3.05) is 7.11 Å². The molecule has 14 atom stereocenters. The molecule has 1 N–H and O–H groups in total. The second-order valence-corrected chi connectivity index (χ2v) is 27.3. The summed E-state index contributed by atoms with van der Waals surface area (Å²) in [6.45, 7) is 23.5. The van der Waals surface area contributed by atoms with Crippen LogP contribution in [-0.4, -0.2) is 41.0 Å². The quantitative estimate of drug-likeness (QED) is 0.167. The third-order valence-corrected chi connectivity index (χ3v) is 24.0. The molecule has 0 amide bonds. The average Bonchev–Trinajstić information content (AvgIpc) is 4.01. The van der Waals surface area contributed by atoms with E-state index in [1.165, 1.54) is 80.9 Å². The minimum atomic E-state index is -0.123. The van der Waals surface area contributed by atoms with E-state index in [0.717, 1.165) is 91.0 Å². The highest BCUT2D eigenvalue weighted by molar-refractivity contribution is 5.84. The number of ketones is 2. The number of aliphatic hydroxyl groups is 1. The Morgan fingerprint density at radius 3 is 1.70 bits per heavy atom. The highest BCUT2D eigenvalue weighted by Gasteiger charge is 2.65. The van der Waals surface area contributed by atoms with Gasteiger partial charge < -0.3 is 19.3 Å². The van der Waals surface area contributed by atoms with Crippen LogP contribution in [0.3, 0.4) is 0 Å². The van der Waals surface area contributed by atoms with E-state index in [0.29, 0.717) is 52.8 Å². The van der Waals surface area contributed by atoms with Crippen molar-refractivity contribution < 1.29 is 28.9 Å². The van der Waals surface area contributed by atoms with Crippen molar-refractivity contribution in [1.82, 2.24) is 4.98 Å². The van der Waals surface area contributed by atoms with Crippen LogP contribution in [0, 0.1) is 81.8 Å². The molecule has 0 saturated heterocycles. The Bertz CT molecular complexity index is 2870. The fourth-order valence-electron chi connectivity index (χ4n) is 18.3. The fourth-order valence-corrected chi connectivity index (χ4v) is 18.3. The molecule has 0 radical (unpaired) electrons. The Morgan fingerprint density at radius 1 is 0.610 bits per heavy atom. The highest BCUT2D eigenvalue weighted by atomic mass is 16.5. The molecule has 4 aromatic rings. The van der Waals surface area contributed by atoms with Crippen LogP contribution in [0.25, 0.3) is 10.9 Å². The summed E-state index contributed by atoms with van der Waals surface area (Å²) in [5, 5.41) is 11.3. The summed E-state index contributed by atoms with van der Waals surface area (Å²) < 4.78 is 17.3. The molecule has 12 rings (SSSR count). The van der Waals surface area contributed by atoms with Crippen LogP contribution in [0.4, 0.5) is 0 Å². The lowest BCUT2D eigenvalue weighted by molar-refractivity contribution is -0.139. The summed E-state index contributed by atoms with van der Waals surface area (Å²) in [4.78, 5) is 29.7. The van der Waals surface area contributed by atoms with E-state index in [1.54, 1.807) is 18.3 Å². The van der Waals surface area contributed by atoms with Gasteiger partial charge in [0, 0.05) is 22.3 Å². The molecule has 0 aliphatic heterocycles. The van der Waals surface area contributed by atoms with Gasteiger partial charge in [0.15, 0.2) is 0 Å². The van der Waals surface area contributed by atoms with Crippen LogP contribution < -0.4 is 9.47 Å². The van der Waals surface area contributed by atoms with E-state index in [2.05, 4.69) is 103 Å². The Kier molecular flexibility index (Phi) is 15.5. The van der Waals surface area contributed by atoms with E-state index in [1.807, 2.05) is 62.4 Å². The predicted octanol–water partition coefficient (Wildman–Crippen LogP) is 16.5. The van der Waals surface area contributed by atoms with Gasteiger partial charge in [0.1, 0.15) is 23.9 Å². The summed E-state index contributed by atoms with van der Waals surface area (Å²) in [6, 6.07) is 26.7. The van der Waals surface area contributed by atoms with Crippen molar-refractivity contribution in [3.05, 3.63) is 124 Å². The zero-order chi connectivity index (χ0) is 54.7. The molecule has 6 saturated carbocycles. The van der Waals surface area contributed by atoms with E-state index in [4.69, 9.17) is 14.2 Å². The summed E-state index contributed by atoms with van der Waals surface area (Å²) in [6.07, 6.45) is 23.9. The van der Waals surface area contributed by atoms with E-state index >= 15 is 0 Å². The van der Waals surface area contributed by atoms with E-state index < -0.39 is 0 Å². The maximum Gasteiger partial charge on any atom is 0.214 e. The number of pyridine rings is 1. The van der Waals surface area contributed by atoms with Gasteiger partial charge in [-0.05, 0) is 222 Å². The first kappa shape index (κ1) is 55.7. The molecule has 6 fully saturated rings. The molecule has 414 valence electrons. The SMILES string of the molecule is CC(=O)[C@@]1(C)CCC2C3CC=C4C[C@@H](O)CC[C@]4(C)C3CC[C@@]21C.CC(=O)[C@@]1(C)CCC2C3CC=C4C[C@@H](OCc5ccc(C)cc5)CC[C@]4(C)C3CC[C@@]21C.COc1ccc(COc2cc(C)c3ccccc3n2)cc1. The molecule has 77 heavy (non-hydrogen) atoms. The fraction of sp³-hybridized carbons (Fsp3) is 0.614. The number of para-hydroxylation sites is 1. The number of aliphatic hydroxyl groups excluding tert-OH is 1. The van der Waals surface area contributed by atoms with Gasteiger partial charge in [0.2, 0.25) is 5.88 Å². The number of allylic oxidation sites excluding steroid dienone is 2. The van der Waals surface area contributed by atoms with Gasteiger partial charge >= 0.3 is 0 Å². The molecular weight excluding hydrogens is 951 g/mol. The number of carbonyl (C=O) groups excluding carboxylic acids is 2. The Morgan fingerprint density at radius 2 is 1.13 bits per heavy atom. The van der Waals surface area contributed by atoms with Gasteiger partial charge in [-0.2, -0.15) is 0 Å². The number of carbonyl (C=O) groups is 2. The summed E-state index contributed by atoms with van der Waals surface area (Å²) in [5.74, 6) is 6.79. The second-order valence-electron chi connectivity index (χ2n) is 27.3. The minimum Gasteiger partial charge on any atom is -0.497 e. The summed E-state index contributed by atoms with van der Waals surface area (Å²) in [7, 11) is 1.66. The van der Waals surface area contributed by atoms with Crippen LogP contribution in [0.15, 0.2) is 102 Å². The third-order valence-electron chi connectivity index (χ3n) is 24.0. The normalized spacial score (nSPS) is 37.5. The van der Waals surface area contributed by atoms with Crippen molar-refractivity contribution in [3.63, 3.8) is 0 Å². The molecule has 0 spiro atoms. The van der Waals surface area contributed by atoms with Gasteiger partial charge in [-0.1, -0.05) is 125 Å².